The third-order valence-electron chi connectivity index (χ3n) is 20.5. The van der Waals surface area contributed by atoms with Crippen molar-refractivity contribution in [1.29, 1.82) is 0 Å². The van der Waals surface area contributed by atoms with E-state index in [0.717, 1.165) is 38.5 Å². The van der Waals surface area contributed by atoms with E-state index < -0.39 is 141 Å². The molecule has 0 aromatic heterocycles. The van der Waals surface area contributed by atoms with Gasteiger partial charge in [-0.05, 0) is 89.8 Å². The van der Waals surface area contributed by atoms with E-state index in [9.17, 15) is 61.0 Å². The minimum atomic E-state index is -1.77. The number of hydrogen-bond donors (Lipinski definition) is 11. The second-order valence-corrected chi connectivity index (χ2v) is 23.8. The summed E-state index contributed by atoms with van der Waals surface area (Å²) in [6.45, 7) is 11.2. The number of aliphatic hydroxyl groups excluding tert-OH is 11. The van der Waals surface area contributed by atoms with Gasteiger partial charge in [-0.2, -0.15) is 0 Å². The Bertz CT molecular complexity index is 1860. The van der Waals surface area contributed by atoms with Gasteiger partial charge in [0.1, 0.15) is 79.0 Å². The number of carbonyl (C=O) groups excluding carboxylic acids is 1. The molecule has 396 valence electrons. The van der Waals surface area contributed by atoms with Gasteiger partial charge in [0, 0.05) is 31.8 Å². The molecule has 9 aliphatic rings. The lowest BCUT2D eigenvalue weighted by Crippen LogP contribution is -2.65. The molecule has 11 N–H and O–H groups in total. The molecule has 2 spiro atoms. The molecule has 4 aliphatic heterocycles. The first-order valence-electron chi connectivity index (χ1n) is 25.4. The van der Waals surface area contributed by atoms with Gasteiger partial charge in [-0.3, -0.25) is 4.79 Å². The summed E-state index contributed by atoms with van der Waals surface area (Å²) in [6, 6.07) is 0. The molecule has 0 amide bonds. The third-order valence-corrected chi connectivity index (χ3v) is 20.5. The van der Waals surface area contributed by atoms with E-state index >= 15 is 0 Å². The standard InChI is InChI=1S/C49H80O20/c1-21(18-63-41-37(60)34(57)31(54)25(15-50)64-41)23(53)14-24-22(2)40-45(5)12-13-48-20-47(48)11-10-30(44(3,4)28(47)8-9-29(48)46(45,6)19-49(40,62-7)69-24)67-43-39(36(59)33(56)27(17-52)66-43)68-42-38(61)35(58)32(55)26(16-51)65-42/h21-22,24-43,50-52,54-61H,8-20H2,1-7H3/t21-,22+,24+,25-,26-,27-,28+,29-,30+,31-,32-,33-,34-,35+,36+,37-,38-,39-,40+,41-,42+,43+,45+,46+,47-,48+,49+/m0/s1. The summed E-state index contributed by atoms with van der Waals surface area (Å²) >= 11 is 0. The number of rotatable bonds is 14. The van der Waals surface area contributed by atoms with Crippen LogP contribution in [0.4, 0.5) is 0 Å². The van der Waals surface area contributed by atoms with Crippen LogP contribution in [0.3, 0.4) is 0 Å². The van der Waals surface area contributed by atoms with E-state index in [1.54, 1.807) is 14.0 Å². The van der Waals surface area contributed by atoms with Crippen molar-refractivity contribution in [1.82, 2.24) is 0 Å². The first-order chi connectivity index (χ1) is 32.5. The van der Waals surface area contributed by atoms with Gasteiger partial charge in [0.15, 0.2) is 24.7 Å². The van der Waals surface area contributed by atoms with Gasteiger partial charge in [-0.1, -0.05) is 41.5 Å². The van der Waals surface area contributed by atoms with Crippen LogP contribution in [0.2, 0.25) is 0 Å². The third kappa shape index (κ3) is 7.82. The molecule has 27 atom stereocenters. The smallest absolute Gasteiger partial charge is 0.187 e. The zero-order valence-electron chi connectivity index (χ0n) is 41.0. The maximum absolute atomic E-state index is 13.8. The fourth-order valence-electron chi connectivity index (χ4n) is 16.6. The molecule has 0 unspecified atom stereocenters. The van der Waals surface area contributed by atoms with Crippen LogP contribution in [-0.4, -0.2) is 206 Å². The normalized spacial score (nSPS) is 55.8. The summed E-state index contributed by atoms with van der Waals surface area (Å²) in [5, 5.41) is 114. The second-order valence-electron chi connectivity index (χ2n) is 23.8. The second kappa shape index (κ2) is 18.6. The quantitative estimate of drug-likeness (QED) is 0.0915. The largest absolute Gasteiger partial charge is 0.394 e. The zero-order valence-corrected chi connectivity index (χ0v) is 41.0. The van der Waals surface area contributed by atoms with Crippen LogP contribution in [0.1, 0.15) is 99.3 Å². The van der Waals surface area contributed by atoms with Crippen molar-refractivity contribution in [3.8, 4) is 0 Å². The molecule has 0 aromatic rings. The van der Waals surface area contributed by atoms with Crippen molar-refractivity contribution in [2.75, 3.05) is 33.5 Å². The molecule has 5 saturated carbocycles. The Morgan fingerprint density at radius 1 is 0.623 bits per heavy atom. The van der Waals surface area contributed by atoms with Gasteiger partial charge < -0.3 is 94.1 Å². The number of carbonyl (C=O) groups is 1. The Kier molecular flexibility index (Phi) is 14.2. The van der Waals surface area contributed by atoms with Crippen LogP contribution >= 0.6 is 0 Å². The van der Waals surface area contributed by atoms with Crippen LogP contribution in [0.15, 0.2) is 0 Å². The minimum absolute atomic E-state index is 0.00931. The van der Waals surface area contributed by atoms with Gasteiger partial charge in [0.25, 0.3) is 0 Å². The van der Waals surface area contributed by atoms with Crippen molar-refractivity contribution in [3.05, 3.63) is 0 Å². The van der Waals surface area contributed by atoms with E-state index in [-0.39, 0.29) is 58.2 Å². The first-order valence-corrected chi connectivity index (χ1v) is 25.4. The zero-order chi connectivity index (χ0) is 50.1. The van der Waals surface area contributed by atoms with Crippen LogP contribution in [0.25, 0.3) is 0 Å². The molecule has 9 fully saturated rings. The topological polar surface area (TPSA) is 313 Å². The number of ether oxygens (including phenoxy) is 8. The molecule has 20 heteroatoms. The van der Waals surface area contributed by atoms with Gasteiger partial charge >= 0.3 is 0 Å². The highest BCUT2D eigenvalue weighted by atomic mass is 16.8. The van der Waals surface area contributed by atoms with Crippen LogP contribution in [0.5, 0.6) is 0 Å². The van der Waals surface area contributed by atoms with Crippen LogP contribution < -0.4 is 0 Å². The number of Topliss-reactive ketones (excluding diaryl/α,β-unsaturated/α-hetero) is 1. The Hall–Kier alpha value is -1.09. The number of aliphatic hydroxyl groups is 11. The van der Waals surface area contributed by atoms with E-state index in [1.807, 2.05) is 0 Å². The number of methoxy groups -OCH3 is 1. The van der Waals surface area contributed by atoms with Gasteiger partial charge in [-0.25, -0.2) is 0 Å². The molecular weight excluding hydrogens is 909 g/mol. The van der Waals surface area contributed by atoms with Gasteiger partial charge in [0.2, 0.25) is 0 Å². The Balaban J connectivity index is 0.877. The number of hydrogen-bond acceptors (Lipinski definition) is 20. The molecule has 5 aliphatic carbocycles. The van der Waals surface area contributed by atoms with Gasteiger partial charge in [0.05, 0.1) is 38.6 Å². The fraction of sp³-hybridized carbons (Fsp3) is 0.980. The molecule has 0 radical (unpaired) electrons. The highest BCUT2D eigenvalue weighted by Crippen LogP contribution is 2.90. The molecule has 0 aromatic carbocycles. The summed E-state index contributed by atoms with van der Waals surface area (Å²) in [4.78, 5) is 13.8. The summed E-state index contributed by atoms with van der Waals surface area (Å²) < 4.78 is 49.3. The van der Waals surface area contributed by atoms with Gasteiger partial charge in [-0.15, -0.1) is 0 Å². The summed E-state index contributed by atoms with van der Waals surface area (Å²) in [5.41, 5.74) is -0.569. The van der Waals surface area contributed by atoms with Crippen molar-refractivity contribution < 1.29 is 98.9 Å². The summed E-state index contributed by atoms with van der Waals surface area (Å²) in [7, 11) is 1.72. The maximum Gasteiger partial charge on any atom is 0.187 e. The van der Waals surface area contributed by atoms with E-state index in [0.29, 0.717) is 18.8 Å². The van der Waals surface area contributed by atoms with E-state index in [1.165, 1.54) is 0 Å². The monoisotopic (exact) mass is 989 g/mol. The highest BCUT2D eigenvalue weighted by molar-refractivity contribution is 5.81. The Labute approximate surface area is 403 Å². The SMILES string of the molecule is CO[C@@]12C[C@]3(C)[C@@H]4CC[C@@H]5C(C)(C)[C@H](O[C@H]6O[C@@H](CO)[C@H](O)[C@@H](O)[C@@H]6O[C@H]6O[C@@H](CO)[C@H](O)[C@@H](O)[C@@H]6O)CC[C@]56C[C@]46CC[C@]3(C)[C@H]1[C@H](C)[C@@H](CC(=O)[C@@H](C)CO[C@H]1O[C@@H](CO)[C@H](O)[C@H](O)[C@@H]1O)O2. The fourth-order valence-corrected chi connectivity index (χ4v) is 16.6. The Morgan fingerprint density at radius 3 is 1.78 bits per heavy atom. The van der Waals surface area contributed by atoms with Crippen molar-refractivity contribution in [3.63, 3.8) is 0 Å². The molecular formula is C49H80O20. The predicted octanol–water partition coefficient (Wildman–Crippen LogP) is -1.17. The van der Waals surface area contributed by atoms with Crippen molar-refractivity contribution in [2.45, 2.75) is 209 Å². The average molecular weight is 989 g/mol. The number of fused-ring (bicyclic) bond motifs is 4. The molecule has 4 heterocycles. The molecule has 69 heavy (non-hydrogen) atoms. The predicted molar refractivity (Wildman–Crippen MR) is 236 cm³/mol. The first kappa shape index (κ1) is 52.8. The average Bonchev–Trinajstić information content (AvgIpc) is 3.84. The van der Waals surface area contributed by atoms with Crippen molar-refractivity contribution >= 4 is 5.78 Å². The number of ketones is 1. The van der Waals surface area contributed by atoms with Crippen molar-refractivity contribution in [2.24, 2.45) is 56.7 Å². The molecule has 9 rings (SSSR count). The summed E-state index contributed by atoms with van der Waals surface area (Å²) in [6.07, 6.45) is -15.8. The lowest BCUT2D eigenvalue weighted by molar-refractivity contribution is -0.377. The Morgan fingerprint density at radius 2 is 1.17 bits per heavy atom. The minimum Gasteiger partial charge on any atom is -0.394 e. The van der Waals surface area contributed by atoms with E-state index in [2.05, 4.69) is 34.6 Å². The van der Waals surface area contributed by atoms with Crippen LogP contribution in [0, 0.1) is 56.7 Å². The summed E-state index contributed by atoms with van der Waals surface area (Å²) in [5.74, 6) is -0.919. The van der Waals surface area contributed by atoms with Crippen LogP contribution in [-0.2, 0) is 42.7 Å². The maximum atomic E-state index is 13.8. The lowest BCUT2D eigenvalue weighted by Gasteiger charge is -2.63. The van der Waals surface area contributed by atoms with E-state index in [4.69, 9.17) is 37.9 Å². The lowest BCUT2D eigenvalue weighted by atomic mass is 9.41. The molecule has 4 saturated heterocycles. The highest BCUT2D eigenvalue weighted by Gasteiger charge is 2.85. The molecule has 20 nitrogen and oxygen atoms in total. The molecule has 0 bridgehead atoms.